The lowest BCUT2D eigenvalue weighted by Crippen LogP contribution is -2.16. The van der Waals surface area contributed by atoms with Crippen molar-refractivity contribution in [3.63, 3.8) is 0 Å². The molecule has 2 heterocycles. The molecule has 0 unspecified atom stereocenters. The van der Waals surface area contributed by atoms with Gasteiger partial charge in [-0.15, -0.1) is 10.2 Å². The fourth-order valence-corrected chi connectivity index (χ4v) is 2.78. The molecule has 0 saturated heterocycles. The van der Waals surface area contributed by atoms with E-state index in [1.54, 1.807) is 24.5 Å². The average Bonchev–Trinajstić information content (AvgIpc) is 2.94. The zero-order chi connectivity index (χ0) is 16.9. The van der Waals surface area contributed by atoms with E-state index < -0.39 is 0 Å². The first-order valence-corrected chi connectivity index (χ1v) is 8.22. The van der Waals surface area contributed by atoms with E-state index >= 15 is 0 Å². The van der Waals surface area contributed by atoms with Gasteiger partial charge in [0.15, 0.2) is 5.82 Å². The summed E-state index contributed by atoms with van der Waals surface area (Å²) in [5, 5.41) is 11.4. The van der Waals surface area contributed by atoms with E-state index in [2.05, 4.69) is 20.5 Å². The van der Waals surface area contributed by atoms with Crippen LogP contribution in [0.4, 0.5) is 5.69 Å². The third kappa shape index (κ3) is 3.72. The summed E-state index contributed by atoms with van der Waals surface area (Å²) >= 11 is 1.23. The molecule has 0 spiro atoms. The minimum Gasteiger partial charge on any atom is -0.335 e. The van der Waals surface area contributed by atoms with Crippen LogP contribution in [0.3, 0.4) is 0 Å². The second-order valence-electron chi connectivity index (χ2n) is 5.12. The first kappa shape index (κ1) is 16.0. The van der Waals surface area contributed by atoms with Crippen molar-refractivity contribution in [2.24, 2.45) is 0 Å². The molecule has 0 aliphatic carbocycles. The van der Waals surface area contributed by atoms with Gasteiger partial charge in [-0.1, -0.05) is 23.9 Å². The van der Waals surface area contributed by atoms with E-state index in [-0.39, 0.29) is 11.7 Å². The number of nitrogens with zero attached hydrogens (tertiary/aromatic N) is 4. The molecule has 0 bridgehead atoms. The Morgan fingerprint density at radius 3 is 2.79 bits per heavy atom. The topological polar surface area (TPSA) is 98.7 Å². The lowest BCUT2D eigenvalue weighted by molar-refractivity contribution is -0.113. The van der Waals surface area contributed by atoms with Crippen LogP contribution in [-0.4, -0.2) is 31.5 Å². The number of nitrogen functional groups attached to an aromatic ring is 1. The molecule has 0 aliphatic rings. The number of aromatic nitrogens is 4. The van der Waals surface area contributed by atoms with E-state index in [1.807, 2.05) is 31.2 Å². The highest BCUT2D eigenvalue weighted by molar-refractivity contribution is 7.99. The first-order valence-electron chi connectivity index (χ1n) is 7.23. The molecule has 0 fully saturated rings. The number of carbonyl (C=O) groups is 1. The number of nitrogens with one attached hydrogen (secondary N) is 1. The third-order valence-corrected chi connectivity index (χ3v) is 4.18. The molecule has 3 rings (SSSR count). The minimum absolute atomic E-state index is 0.126. The van der Waals surface area contributed by atoms with Gasteiger partial charge in [-0.2, -0.15) is 0 Å². The molecule has 3 N–H and O–H groups in total. The summed E-state index contributed by atoms with van der Waals surface area (Å²) in [5.41, 5.74) is 2.67. The number of anilines is 1. The number of thioether (sulfide) groups is 1. The number of hydrogen-bond acceptors (Lipinski definition) is 6. The molecule has 0 atom stereocenters. The Kier molecular flexibility index (Phi) is 4.76. The SMILES string of the molecule is Cc1cccc(NC(=O)CSc2nnc(-c3ccncc3)n2N)c1. The number of pyridine rings is 1. The van der Waals surface area contributed by atoms with Crippen molar-refractivity contribution in [3.05, 3.63) is 54.4 Å². The van der Waals surface area contributed by atoms with E-state index in [9.17, 15) is 4.79 Å². The maximum Gasteiger partial charge on any atom is 0.234 e. The lowest BCUT2D eigenvalue weighted by Gasteiger charge is -2.06. The molecule has 0 radical (unpaired) electrons. The fourth-order valence-electron chi connectivity index (χ4n) is 2.12. The van der Waals surface area contributed by atoms with E-state index in [1.165, 1.54) is 16.4 Å². The summed E-state index contributed by atoms with van der Waals surface area (Å²) in [5.74, 6) is 6.61. The summed E-state index contributed by atoms with van der Waals surface area (Å²) in [6, 6.07) is 11.2. The normalized spacial score (nSPS) is 10.5. The maximum absolute atomic E-state index is 12.0. The summed E-state index contributed by atoms with van der Waals surface area (Å²) < 4.78 is 1.37. The van der Waals surface area contributed by atoms with Gasteiger partial charge < -0.3 is 11.2 Å². The van der Waals surface area contributed by atoms with E-state index in [0.717, 1.165) is 16.8 Å². The summed E-state index contributed by atoms with van der Waals surface area (Å²) in [6.45, 7) is 1.97. The highest BCUT2D eigenvalue weighted by Crippen LogP contribution is 2.21. The van der Waals surface area contributed by atoms with Crippen molar-refractivity contribution in [3.8, 4) is 11.4 Å². The summed E-state index contributed by atoms with van der Waals surface area (Å²) in [4.78, 5) is 16.0. The van der Waals surface area contributed by atoms with Crippen LogP contribution in [0.5, 0.6) is 0 Å². The quantitative estimate of drug-likeness (QED) is 0.545. The van der Waals surface area contributed by atoms with Gasteiger partial charge >= 0.3 is 0 Å². The molecular formula is C16H16N6OS. The van der Waals surface area contributed by atoms with Crippen LogP contribution < -0.4 is 11.2 Å². The monoisotopic (exact) mass is 340 g/mol. The van der Waals surface area contributed by atoms with Crippen molar-refractivity contribution in [2.75, 3.05) is 16.9 Å². The van der Waals surface area contributed by atoms with Crippen molar-refractivity contribution >= 4 is 23.4 Å². The number of amides is 1. The Hall–Kier alpha value is -2.87. The Morgan fingerprint density at radius 2 is 2.04 bits per heavy atom. The number of hydrogen-bond donors (Lipinski definition) is 2. The van der Waals surface area contributed by atoms with Gasteiger partial charge in [-0.25, -0.2) is 4.68 Å². The molecule has 0 aliphatic heterocycles. The van der Waals surface area contributed by atoms with Crippen LogP contribution in [0.2, 0.25) is 0 Å². The number of aryl methyl sites for hydroxylation is 1. The Labute approximate surface area is 143 Å². The maximum atomic E-state index is 12.0. The third-order valence-electron chi connectivity index (χ3n) is 3.24. The number of rotatable bonds is 5. The zero-order valence-electron chi connectivity index (χ0n) is 13.0. The Morgan fingerprint density at radius 1 is 1.25 bits per heavy atom. The lowest BCUT2D eigenvalue weighted by atomic mass is 10.2. The van der Waals surface area contributed by atoms with Crippen molar-refractivity contribution in [2.45, 2.75) is 12.1 Å². The molecule has 8 heteroatoms. The molecule has 1 aromatic carbocycles. The molecule has 1 amide bonds. The summed E-state index contributed by atoms with van der Waals surface area (Å²) in [7, 11) is 0. The van der Waals surface area contributed by atoms with Crippen LogP contribution in [0, 0.1) is 6.92 Å². The second-order valence-corrected chi connectivity index (χ2v) is 6.06. The molecule has 2 aromatic heterocycles. The molecule has 7 nitrogen and oxygen atoms in total. The van der Waals surface area contributed by atoms with Crippen LogP contribution in [0.25, 0.3) is 11.4 Å². The molecule has 0 saturated carbocycles. The average molecular weight is 340 g/mol. The highest BCUT2D eigenvalue weighted by atomic mass is 32.2. The molecule has 3 aromatic rings. The van der Waals surface area contributed by atoms with Gasteiger partial charge in [0.25, 0.3) is 0 Å². The number of carbonyl (C=O) groups excluding carboxylic acids is 1. The number of nitrogens with two attached hydrogens (primary N) is 1. The van der Waals surface area contributed by atoms with Gasteiger partial charge in [0.1, 0.15) is 0 Å². The van der Waals surface area contributed by atoms with Crippen molar-refractivity contribution in [1.29, 1.82) is 0 Å². The van der Waals surface area contributed by atoms with Crippen LogP contribution in [-0.2, 0) is 4.79 Å². The molecule has 122 valence electrons. The molecular weight excluding hydrogens is 324 g/mol. The Bertz CT molecular complexity index is 849. The minimum atomic E-state index is -0.126. The van der Waals surface area contributed by atoms with Crippen LogP contribution in [0.15, 0.2) is 53.9 Å². The zero-order valence-corrected chi connectivity index (χ0v) is 13.8. The smallest absolute Gasteiger partial charge is 0.234 e. The van der Waals surface area contributed by atoms with Gasteiger partial charge in [-0.05, 0) is 36.8 Å². The van der Waals surface area contributed by atoms with E-state index in [0.29, 0.717) is 11.0 Å². The van der Waals surface area contributed by atoms with Gasteiger partial charge in [-0.3, -0.25) is 9.78 Å². The fraction of sp³-hybridized carbons (Fsp3) is 0.125. The highest BCUT2D eigenvalue weighted by Gasteiger charge is 2.13. The van der Waals surface area contributed by atoms with Crippen molar-refractivity contribution < 1.29 is 4.79 Å². The largest absolute Gasteiger partial charge is 0.335 e. The number of benzene rings is 1. The van der Waals surface area contributed by atoms with Crippen LogP contribution in [0.1, 0.15) is 5.56 Å². The predicted octanol–water partition coefficient (Wildman–Crippen LogP) is 2.09. The van der Waals surface area contributed by atoms with Crippen molar-refractivity contribution in [1.82, 2.24) is 19.9 Å². The van der Waals surface area contributed by atoms with Crippen LogP contribution >= 0.6 is 11.8 Å². The van der Waals surface area contributed by atoms with E-state index in [4.69, 9.17) is 5.84 Å². The Balaban J connectivity index is 1.63. The van der Waals surface area contributed by atoms with Gasteiger partial charge in [0.05, 0.1) is 5.75 Å². The first-order chi connectivity index (χ1) is 11.6. The predicted molar refractivity (Wildman–Crippen MR) is 93.9 cm³/mol. The van der Waals surface area contributed by atoms with Gasteiger partial charge in [0.2, 0.25) is 11.1 Å². The standard InChI is InChI=1S/C16H16N6OS/c1-11-3-2-4-13(9-11)19-14(23)10-24-16-21-20-15(22(16)17)12-5-7-18-8-6-12/h2-9H,10,17H2,1H3,(H,19,23). The molecule has 24 heavy (non-hydrogen) atoms. The summed E-state index contributed by atoms with van der Waals surface area (Å²) in [6.07, 6.45) is 3.32. The van der Waals surface area contributed by atoms with Gasteiger partial charge in [0, 0.05) is 23.6 Å². The second kappa shape index (κ2) is 7.14.